The van der Waals surface area contributed by atoms with E-state index in [2.05, 4.69) is 9.97 Å². The molecule has 0 spiro atoms. The SMILES string of the molecule is O=C1c2ncccc2CCN1c1ncoc1-c1ccc(C(F)(F)F)cc1. The monoisotopic (exact) mass is 359 g/mol. The molecule has 0 atom stereocenters. The molecule has 0 bridgehead atoms. The molecular formula is C18H12F3N3O2. The lowest BCUT2D eigenvalue weighted by atomic mass is 10.0. The maximum Gasteiger partial charge on any atom is 0.416 e. The van der Waals surface area contributed by atoms with Gasteiger partial charge in [0, 0.05) is 18.3 Å². The van der Waals surface area contributed by atoms with E-state index in [-0.39, 0.29) is 17.5 Å². The van der Waals surface area contributed by atoms with Gasteiger partial charge in [-0.05, 0) is 30.2 Å². The molecule has 8 heteroatoms. The number of aromatic nitrogens is 2. The number of fused-ring (bicyclic) bond motifs is 1. The molecule has 5 nitrogen and oxygen atoms in total. The molecule has 0 aliphatic carbocycles. The maximum absolute atomic E-state index is 12.7. The summed E-state index contributed by atoms with van der Waals surface area (Å²) in [6, 6.07) is 8.15. The topological polar surface area (TPSA) is 59.2 Å². The van der Waals surface area contributed by atoms with E-state index in [4.69, 9.17) is 4.42 Å². The number of pyridine rings is 1. The minimum absolute atomic E-state index is 0.242. The van der Waals surface area contributed by atoms with Crippen LogP contribution in [-0.2, 0) is 12.6 Å². The third kappa shape index (κ3) is 2.73. The lowest BCUT2D eigenvalue weighted by molar-refractivity contribution is -0.137. The fourth-order valence-electron chi connectivity index (χ4n) is 2.94. The Morgan fingerprint density at radius 1 is 1.08 bits per heavy atom. The van der Waals surface area contributed by atoms with Gasteiger partial charge in [-0.1, -0.05) is 18.2 Å². The summed E-state index contributed by atoms with van der Waals surface area (Å²) in [5.74, 6) is 0.200. The van der Waals surface area contributed by atoms with Crippen LogP contribution in [0.4, 0.5) is 19.0 Å². The molecule has 26 heavy (non-hydrogen) atoms. The normalized spacial score (nSPS) is 14.4. The number of hydrogen-bond donors (Lipinski definition) is 0. The molecule has 132 valence electrons. The van der Waals surface area contributed by atoms with Crippen molar-refractivity contribution in [3.8, 4) is 11.3 Å². The summed E-state index contributed by atoms with van der Waals surface area (Å²) in [5, 5.41) is 0. The summed E-state index contributed by atoms with van der Waals surface area (Å²) in [6.45, 7) is 0.387. The zero-order chi connectivity index (χ0) is 18.3. The number of amides is 1. The number of oxazole rings is 1. The van der Waals surface area contributed by atoms with E-state index in [0.29, 0.717) is 24.2 Å². The van der Waals surface area contributed by atoms with Crippen LogP contribution < -0.4 is 4.90 Å². The zero-order valence-electron chi connectivity index (χ0n) is 13.3. The van der Waals surface area contributed by atoms with Crippen LogP contribution in [0, 0.1) is 0 Å². The number of anilines is 1. The van der Waals surface area contributed by atoms with Crippen molar-refractivity contribution in [2.24, 2.45) is 0 Å². The molecule has 1 aliphatic rings. The van der Waals surface area contributed by atoms with Crippen LogP contribution in [0.5, 0.6) is 0 Å². The van der Waals surface area contributed by atoms with E-state index in [0.717, 1.165) is 17.7 Å². The van der Waals surface area contributed by atoms with Gasteiger partial charge in [-0.3, -0.25) is 14.7 Å². The maximum atomic E-state index is 12.7. The van der Waals surface area contributed by atoms with Crippen LogP contribution >= 0.6 is 0 Å². The highest BCUT2D eigenvalue weighted by Crippen LogP contribution is 2.35. The van der Waals surface area contributed by atoms with Gasteiger partial charge < -0.3 is 4.42 Å². The molecule has 1 aromatic carbocycles. The van der Waals surface area contributed by atoms with E-state index < -0.39 is 11.7 Å². The summed E-state index contributed by atoms with van der Waals surface area (Å²) in [5.41, 5.74) is 0.855. The Morgan fingerprint density at radius 2 is 1.85 bits per heavy atom. The van der Waals surface area contributed by atoms with Crippen LogP contribution in [-0.4, -0.2) is 22.4 Å². The first kappa shape index (κ1) is 16.3. The molecule has 0 saturated carbocycles. The van der Waals surface area contributed by atoms with Gasteiger partial charge in [-0.25, -0.2) is 0 Å². The van der Waals surface area contributed by atoms with Gasteiger partial charge >= 0.3 is 6.18 Å². The van der Waals surface area contributed by atoms with Gasteiger partial charge in [-0.15, -0.1) is 0 Å². The molecule has 0 radical (unpaired) electrons. The van der Waals surface area contributed by atoms with Crippen LogP contribution in [0.1, 0.15) is 21.6 Å². The number of benzene rings is 1. The first-order chi connectivity index (χ1) is 12.4. The molecule has 0 saturated heterocycles. The summed E-state index contributed by atoms with van der Waals surface area (Å²) >= 11 is 0. The van der Waals surface area contributed by atoms with Crippen LogP contribution in [0.3, 0.4) is 0 Å². The molecule has 2 aromatic heterocycles. The molecule has 1 aliphatic heterocycles. The molecule has 3 aromatic rings. The summed E-state index contributed by atoms with van der Waals surface area (Å²) in [7, 11) is 0. The molecular weight excluding hydrogens is 347 g/mol. The molecule has 4 rings (SSSR count). The number of rotatable bonds is 2. The number of halogens is 3. The van der Waals surface area contributed by atoms with Crippen molar-refractivity contribution in [3.63, 3.8) is 0 Å². The lowest BCUT2D eigenvalue weighted by Crippen LogP contribution is -2.38. The van der Waals surface area contributed by atoms with Gasteiger partial charge in [0.2, 0.25) is 0 Å². The van der Waals surface area contributed by atoms with Gasteiger partial charge in [0.25, 0.3) is 5.91 Å². The Kier molecular flexibility index (Phi) is 3.75. The predicted octanol–water partition coefficient (Wildman–Crippen LogP) is 3.96. The Hall–Kier alpha value is -3.16. The zero-order valence-corrected chi connectivity index (χ0v) is 13.3. The highest BCUT2D eigenvalue weighted by Gasteiger charge is 2.32. The Labute approximate surface area is 146 Å². The van der Waals surface area contributed by atoms with Crippen molar-refractivity contribution in [1.82, 2.24) is 9.97 Å². The number of carbonyl (C=O) groups is 1. The number of alkyl halides is 3. The largest absolute Gasteiger partial charge is 0.441 e. The van der Waals surface area contributed by atoms with Gasteiger partial charge in [0.1, 0.15) is 5.69 Å². The van der Waals surface area contributed by atoms with E-state index in [1.54, 1.807) is 12.3 Å². The first-order valence-electron chi connectivity index (χ1n) is 7.82. The average Bonchev–Trinajstić information content (AvgIpc) is 3.11. The van der Waals surface area contributed by atoms with E-state index in [1.807, 2.05) is 6.07 Å². The van der Waals surface area contributed by atoms with E-state index in [1.165, 1.54) is 23.4 Å². The molecule has 1 amide bonds. The second-order valence-electron chi connectivity index (χ2n) is 5.80. The smallest absolute Gasteiger partial charge is 0.416 e. The Balaban J connectivity index is 1.69. The van der Waals surface area contributed by atoms with Gasteiger partial charge in [-0.2, -0.15) is 18.2 Å². The van der Waals surface area contributed by atoms with Crippen molar-refractivity contribution in [2.45, 2.75) is 12.6 Å². The first-order valence-corrected chi connectivity index (χ1v) is 7.82. The van der Waals surface area contributed by atoms with Crippen LogP contribution in [0.15, 0.2) is 53.4 Å². The number of hydrogen-bond acceptors (Lipinski definition) is 4. The third-order valence-corrected chi connectivity index (χ3v) is 4.22. The second kappa shape index (κ2) is 5.98. The molecule has 0 fully saturated rings. The van der Waals surface area contributed by atoms with Crippen LogP contribution in [0.2, 0.25) is 0 Å². The van der Waals surface area contributed by atoms with Crippen molar-refractivity contribution >= 4 is 11.7 Å². The van der Waals surface area contributed by atoms with E-state index in [9.17, 15) is 18.0 Å². The molecule has 3 heterocycles. The third-order valence-electron chi connectivity index (χ3n) is 4.22. The summed E-state index contributed by atoms with van der Waals surface area (Å²) in [4.78, 5) is 22.4. The van der Waals surface area contributed by atoms with E-state index >= 15 is 0 Å². The van der Waals surface area contributed by atoms with Crippen molar-refractivity contribution < 1.29 is 22.4 Å². The van der Waals surface area contributed by atoms with Gasteiger partial charge in [0.15, 0.2) is 18.0 Å². The van der Waals surface area contributed by atoms with Crippen molar-refractivity contribution in [1.29, 1.82) is 0 Å². The lowest BCUT2D eigenvalue weighted by Gasteiger charge is -2.26. The molecule has 0 N–H and O–H groups in total. The minimum Gasteiger partial charge on any atom is -0.441 e. The van der Waals surface area contributed by atoms with Gasteiger partial charge in [0.05, 0.1) is 5.56 Å². The average molecular weight is 359 g/mol. The Morgan fingerprint density at radius 3 is 2.58 bits per heavy atom. The number of carbonyl (C=O) groups excluding carboxylic acids is 1. The number of nitrogens with zero attached hydrogens (tertiary/aromatic N) is 3. The second-order valence-corrected chi connectivity index (χ2v) is 5.80. The quantitative estimate of drug-likeness (QED) is 0.695. The van der Waals surface area contributed by atoms with Crippen molar-refractivity contribution in [3.05, 3.63) is 65.8 Å². The summed E-state index contributed by atoms with van der Waals surface area (Å²) in [6.07, 6.45) is -1.10. The highest BCUT2D eigenvalue weighted by atomic mass is 19.4. The van der Waals surface area contributed by atoms with Crippen molar-refractivity contribution in [2.75, 3.05) is 11.4 Å². The predicted molar refractivity (Wildman–Crippen MR) is 86.6 cm³/mol. The minimum atomic E-state index is -4.42. The highest BCUT2D eigenvalue weighted by molar-refractivity contribution is 6.07. The van der Waals surface area contributed by atoms with Crippen LogP contribution in [0.25, 0.3) is 11.3 Å². The summed E-state index contributed by atoms with van der Waals surface area (Å²) < 4.78 is 43.5. The molecule has 0 unspecified atom stereocenters. The Bertz CT molecular complexity index is 964. The fourth-order valence-corrected chi connectivity index (χ4v) is 2.94. The fraction of sp³-hybridized carbons (Fsp3) is 0.167. The standard InChI is InChI=1S/C18H12F3N3O2/c19-18(20,21)13-5-3-12(4-6-13)15-16(23-10-26-15)24-9-7-11-2-1-8-22-14(11)17(24)25/h1-6,8,10H,7,9H2.